The van der Waals surface area contributed by atoms with Gasteiger partial charge < -0.3 is 9.73 Å². The molecule has 136 valence electrons. The van der Waals surface area contributed by atoms with Gasteiger partial charge in [0.2, 0.25) is 5.91 Å². The minimum absolute atomic E-state index is 0.0701. The van der Waals surface area contributed by atoms with Crippen molar-refractivity contribution in [3.63, 3.8) is 0 Å². The van der Waals surface area contributed by atoms with Crippen molar-refractivity contribution < 1.29 is 9.21 Å². The first-order valence-electron chi connectivity index (χ1n) is 7.84. The third kappa shape index (κ3) is 5.51. The maximum Gasteiger partial charge on any atom is 0.230 e. The first-order valence-corrected chi connectivity index (χ1v) is 11.0. The van der Waals surface area contributed by atoms with Crippen LogP contribution in [-0.4, -0.2) is 27.6 Å². The Kier molecular flexibility index (Phi) is 7.01. The molecule has 0 aliphatic rings. The standard InChI is InChI=1S/C17H16ClN3O2S3/c1-2-24-16-20-21-17(26-16)25-10-15(22)19-9-13-7-8-14(23-13)11-3-5-12(18)6-4-11/h3-8H,2,9-10H2,1H3,(H,19,22). The molecule has 0 saturated heterocycles. The number of halogens is 1. The van der Waals surface area contributed by atoms with Gasteiger partial charge >= 0.3 is 0 Å². The van der Waals surface area contributed by atoms with Crippen molar-refractivity contribution in [3.05, 3.63) is 47.2 Å². The number of amides is 1. The molecule has 1 aromatic carbocycles. The number of aromatic nitrogens is 2. The van der Waals surface area contributed by atoms with Crippen LogP contribution in [0.4, 0.5) is 0 Å². The molecule has 0 fully saturated rings. The SMILES string of the molecule is CCSc1nnc(SCC(=O)NCc2ccc(-c3ccc(Cl)cc3)o2)s1. The molecule has 9 heteroatoms. The minimum atomic E-state index is -0.0701. The number of thioether (sulfide) groups is 2. The summed E-state index contributed by atoms with van der Waals surface area (Å²) >= 11 is 10.4. The number of hydrogen-bond donors (Lipinski definition) is 1. The molecule has 2 aromatic heterocycles. The molecule has 3 rings (SSSR count). The van der Waals surface area contributed by atoms with Crippen LogP contribution < -0.4 is 5.32 Å². The molecular formula is C17H16ClN3O2S3. The number of nitrogens with zero attached hydrogens (tertiary/aromatic N) is 2. The van der Waals surface area contributed by atoms with Crippen molar-refractivity contribution in [1.29, 1.82) is 0 Å². The molecule has 0 spiro atoms. The molecule has 0 unspecified atom stereocenters. The Morgan fingerprint density at radius 3 is 2.62 bits per heavy atom. The number of furan rings is 1. The molecule has 26 heavy (non-hydrogen) atoms. The van der Waals surface area contributed by atoms with Crippen LogP contribution in [0, 0.1) is 0 Å². The Bertz CT molecular complexity index is 864. The highest BCUT2D eigenvalue weighted by atomic mass is 35.5. The van der Waals surface area contributed by atoms with E-state index in [4.69, 9.17) is 16.0 Å². The fourth-order valence-corrected chi connectivity index (χ4v) is 4.92. The first kappa shape index (κ1) is 19.3. The van der Waals surface area contributed by atoms with E-state index in [-0.39, 0.29) is 5.91 Å². The Morgan fingerprint density at radius 2 is 1.88 bits per heavy atom. The smallest absolute Gasteiger partial charge is 0.230 e. The second-order valence-corrected chi connectivity index (χ2v) is 9.25. The van der Waals surface area contributed by atoms with Crippen molar-refractivity contribution in [2.75, 3.05) is 11.5 Å². The summed E-state index contributed by atoms with van der Waals surface area (Å²) in [6.07, 6.45) is 0. The van der Waals surface area contributed by atoms with Crippen LogP contribution in [0.2, 0.25) is 5.02 Å². The molecule has 0 atom stereocenters. The predicted octanol–water partition coefficient (Wildman–Crippen LogP) is 4.97. The van der Waals surface area contributed by atoms with Gasteiger partial charge in [-0.05, 0) is 42.2 Å². The molecule has 2 heterocycles. The zero-order valence-corrected chi connectivity index (χ0v) is 17.1. The van der Waals surface area contributed by atoms with Crippen molar-refractivity contribution in [1.82, 2.24) is 15.5 Å². The average molecular weight is 426 g/mol. The Labute approximate surface area is 168 Å². The van der Waals surface area contributed by atoms with E-state index in [9.17, 15) is 4.79 Å². The van der Waals surface area contributed by atoms with Crippen LogP contribution in [0.5, 0.6) is 0 Å². The molecule has 1 amide bonds. The minimum Gasteiger partial charge on any atom is -0.459 e. The summed E-state index contributed by atoms with van der Waals surface area (Å²) < 4.78 is 7.50. The average Bonchev–Trinajstić information content (AvgIpc) is 3.29. The van der Waals surface area contributed by atoms with E-state index in [0.29, 0.717) is 23.1 Å². The number of rotatable bonds is 8. The third-order valence-corrected chi connectivity index (χ3v) is 6.56. The van der Waals surface area contributed by atoms with Gasteiger partial charge in [0.25, 0.3) is 0 Å². The second kappa shape index (κ2) is 9.45. The summed E-state index contributed by atoms with van der Waals surface area (Å²) in [6, 6.07) is 11.2. The lowest BCUT2D eigenvalue weighted by Crippen LogP contribution is -2.24. The highest BCUT2D eigenvalue weighted by Crippen LogP contribution is 2.28. The highest BCUT2D eigenvalue weighted by Gasteiger charge is 2.10. The van der Waals surface area contributed by atoms with Crippen molar-refractivity contribution in [2.24, 2.45) is 0 Å². The molecule has 0 saturated carbocycles. The summed E-state index contributed by atoms with van der Waals surface area (Å²) in [5, 5.41) is 11.7. The lowest BCUT2D eigenvalue weighted by Gasteiger charge is -2.02. The van der Waals surface area contributed by atoms with Gasteiger partial charge in [-0.15, -0.1) is 10.2 Å². The highest BCUT2D eigenvalue weighted by molar-refractivity contribution is 8.03. The summed E-state index contributed by atoms with van der Waals surface area (Å²) in [6.45, 7) is 2.42. The molecular weight excluding hydrogens is 410 g/mol. The summed E-state index contributed by atoms with van der Waals surface area (Å²) in [4.78, 5) is 12.0. The maximum atomic E-state index is 12.0. The van der Waals surface area contributed by atoms with E-state index in [1.807, 2.05) is 36.4 Å². The number of nitrogens with one attached hydrogen (secondary N) is 1. The molecule has 0 aliphatic carbocycles. The van der Waals surface area contributed by atoms with Crippen LogP contribution >= 0.6 is 46.5 Å². The lowest BCUT2D eigenvalue weighted by atomic mass is 10.2. The maximum absolute atomic E-state index is 12.0. The van der Waals surface area contributed by atoms with Gasteiger partial charge in [0.15, 0.2) is 8.68 Å². The normalized spacial score (nSPS) is 10.8. The zero-order chi connectivity index (χ0) is 18.4. The fraction of sp³-hybridized carbons (Fsp3) is 0.235. The monoisotopic (exact) mass is 425 g/mol. The second-order valence-electron chi connectivity index (χ2n) is 5.11. The summed E-state index contributed by atoms with van der Waals surface area (Å²) in [7, 11) is 0. The summed E-state index contributed by atoms with van der Waals surface area (Å²) in [5.74, 6) is 2.64. The van der Waals surface area contributed by atoms with Gasteiger partial charge in [0, 0.05) is 10.6 Å². The van der Waals surface area contributed by atoms with Gasteiger partial charge in [0.1, 0.15) is 11.5 Å². The van der Waals surface area contributed by atoms with Crippen LogP contribution in [0.15, 0.2) is 49.5 Å². The predicted molar refractivity (Wildman–Crippen MR) is 108 cm³/mol. The Hall–Kier alpha value is -1.48. The quantitative estimate of drug-likeness (QED) is 0.514. The van der Waals surface area contributed by atoms with Crippen molar-refractivity contribution >= 4 is 52.4 Å². The number of hydrogen-bond acceptors (Lipinski definition) is 7. The number of benzene rings is 1. The van der Waals surface area contributed by atoms with Gasteiger partial charge in [-0.25, -0.2) is 0 Å². The van der Waals surface area contributed by atoms with Gasteiger partial charge in [0.05, 0.1) is 12.3 Å². The largest absolute Gasteiger partial charge is 0.459 e. The van der Waals surface area contributed by atoms with E-state index >= 15 is 0 Å². The number of carbonyl (C=O) groups is 1. The van der Waals surface area contributed by atoms with E-state index < -0.39 is 0 Å². The molecule has 0 aliphatic heterocycles. The van der Waals surface area contributed by atoms with Gasteiger partial charge in [-0.2, -0.15) is 0 Å². The van der Waals surface area contributed by atoms with Crippen LogP contribution in [0.3, 0.4) is 0 Å². The zero-order valence-electron chi connectivity index (χ0n) is 13.9. The van der Waals surface area contributed by atoms with Gasteiger partial charge in [-0.1, -0.05) is 53.4 Å². The van der Waals surface area contributed by atoms with Crippen LogP contribution in [0.1, 0.15) is 12.7 Å². The third-order valence-electron chi connectivity index (χ3n) is 3.23. The summed E-state index contributed by atoms with van der Waals surface area (Å²) in [5.41, 5.74) is 0.944. The van der Waals surface area contributed by atoms with E-state index in [1.54, 1.807) is 11.8 Å². The lowest BCUT2D eigenvalue weighted by molar-refractivity contribution is -0.118. The first-order chi connectivity index (χ1) is 12.6. The molecule has 5 nitrogen and oxygen atoms in total. The molecule has 0 bridgehead atoms. The molecule has 3 aromatic rings. The van der Waals surface area contributed by atoms with Crippen molar-refractivity contribution in [2.45, 2.75) is 22.1 Å². The van der Waals surface area contributed by atoms with E-state index in [1.165, 1.54) is 23.1 Å². The van der Waals surface area contributed by atoms with E-state index in [2.05, 4.69) is 22.4 Å². The Balaban J connectivity index is 1.46. The van der Waals surface area contributed by atoms with E-state index in [0.717, 1.165) is 25.8 Å². The van der Waals surface area contributed by atoms with Gasteiger partial charge in [-0.3, -0.25) is 4.79 Å². The molecule has 0 radical (unpaired) electrons. The van der Waals surface area contributed by atoms with Crippen molar-refractivity contribution in [3.8, 4) is 11.3 Å². The van der Waals surface area contributed by atoms with Crippen LogP contribution in [-0.2, 0) is 11.3 Å². The molecule has 1 N–H and O–H groups in total. The Morgan fingerprint density at radius 1 is 1.15 bits per heavy atom. The number of carbonyl (C=O) groups excluding carboxylic acids is 1. The fourth-order valence-electron chi connectivity index (χ4n) is 2.04. The van der Waals surface area contributed by atoms with Crippen LogP contribution in [0.25, 0.3) is 11.3 Å². The topological polar surface area (TPSA) is 68.0 Å².